The van der Waals surface area contributed by atoms with Crippen molar-refractivity contribution in [3.63, 3.8) is 0 Å². The van der Waals surface area contributed by atoms with E-state index in [1.54, 1.807) is 4.90 Å². The summed E-state index contributed by atoms with van der Waals surface area (Å²) in [6.07, 6.45) is 6.38. The number of rotatable bonds is 3. The summed E-state index contributed by atoms with van der Waals surface area (Å²) in [6.45, 7) is 0.787. The van der Waals surface area contributed by atoms with Gasteiger partial charge in [-0.25, -0.2) is 4.98 Å². The Kier molecular flexibility index (Phi) is 4.46. The van der Waals surface area contributed by atoms with E-state index < -0.39 is 0 Å². The highest BCUT2D eigenvalue weighted by Gasteiger charge is 2.21. The molecule has 0 radical (unpaired) electrons. The lowest BCUT2D eigenvalue weighted by molar-refractivity contribution is 0.0773. The summed E-state index contributed by atoms with van der Waals surface area (Å²) >= 11 is 11.8. The van der Waals surface area contributed by atoms with E-state index in [1.165, 1.54) is 37.9 Å². The highest BCUT2D eigenvalue weighted by Crippen LogP contribution is 2.26. The fourth-order valence-electron chi connectivity index (χ4n) is 2.45. The molecular weight excluding hydrogens is 271 g/mol. The quantitative estimate of drug-likeness (QED) is 0.795. The Hall–Kier alpha value is -0.800. The molecule has 0 atom stereocenters. The predicted molar refractivity (Wildman–Crippen MR) is 73.2 cm³/mol. The molecule has 1 aliphatic carbocycles. The van der Waals surface area contributed by atoms with Crippen LogP contribution in [0, 0.1) is 5.92 Å². The van der Waals surface area contributed by atoms with E-state index in [4.69, 9.17) is 23.2 Å². The van der Waals surface area contributed by atoms with Crippen LogP contribution in [0.2, 0.25) is 10.2 Å². The maximum atomic E-state index is 12.3. The van der Waals surface area contributed by atoms with Gasteiger partial charge >= 0.3 is 0 Å². The third kappa shape index (κ3) is 3.15. The lowest BCUT2D eigenvalue weighted by atomic mass is 10.1. The highest BCUT2D eigenvalue weighted by atomic mass is 35.5. The van der Waals surface area contributed by atoms with Crippen molar-refractivity contribution in [2.75, 3.05) is 13.6 Å². The first-order valence-corrected chi connectivity index (χ1v) is 6.90. The molecule has 0 saturated heterocycles. The fraction of sp³-hybridized carbons (Fsp3) is 0.538. The van der Waals surface area contributed by atoms with Crippen molar-refractivity contribution in [1.82, 2.24) is 9.88 Å². The van der Waals surface area contributed by atoms with Gasteiger partial charge in [-0.1, -0.05) is 36.0 Å². The van der Waals surface area contributed by atoms with E-state index in [1.807, 2.05) is 7.05 Å². The lowest BCUT2D eigenvalue weighted by Gasteiger charge is -2.21. The minimum atomic E-state index is -0.0869. The maximum absolute atomic E-state index is 12.3. The highest BCUT2D eigenvalue weighted by molar-refractivity contribution is 6.35. The molecule has 98 valence electrons. The second kappa shape index (κ2) is 5.89. The van der Waals surface area contributed by atoms with Gasteiger partial charge in [0.25, 0.3) is 5.91 Å². The normalized spacial score (nSPS) is 15.9. The fourth-order valence-corrected chi connectivity index (χ4v) is 2.79. The number of hydrogen-bond donors (Lipinski definition) is 0. The summed E-state index contributed by atoms with van der Waals surface area (Å²) in [4.78, 5) is 17.8. The van der Waals surface area contributed by atoms with Crippen molar-refractivity contribution in [2.24, 2.45) is 5.92 Å². The molecule has 5 heteroatoms. The summed E-state index contributed by atoms with van der Waals surface area (Å²) in [5, 5.41) is 0.639. The Morgan fingerprint density at radius 1 is 1.44 bits per heavy atom. The molecule has 0 aliphatic heterocycles. The largest absolute Gasteiger partial charge is 0.341 e. The number of nitrogens with zero attached hydrogens (tertiary/aromatic N) is 2. The van der Waals surface area contributed by atoms with Crippen molar-refractivity contribution in [3.8, 4) is 0 Å². The standard InChI is InChI=1S/C13H16Cl2N2O/c1-17(8-9-4-2-3-5-9)13(18)10-6-12(15)16-7-11(10)14/h6-7,9H,2-5,8H2,1H3. The number of carbonyl (C=O) groups excluding carboxylic acids is 1. The summed E-state index contributed by atoms with van der Waals surface area (Å²) in [5.74, 6) is 0.534. The minimum absolute atomic E-state index is 0.0869. The predicted octanol–water partition coefficient (Wildman–Crippen LogP) is 3.65. The number of hydrogen-bond acceptors (Lipinski definition) is 2. The van der Waals surface area contributed by atoms with Gasteiger partial charge in [0.05, 0.1) is 10.6 Å². The number of halogens is 2. The van der Waals surface area contributed by atoms with E-state index in [0.29, 0.717) is 16.5 Å². The van der Waals surface area contributed by atoms with Crippen LogP contribution in [-0.4, -0.2) is 29.4 Å². The van der Waals surface area contributed by atoms with Gasteiger partial charge < -0.3 is 4.90 Å². The van der Waals surface area contributed by atoms with Gasteiger partial charge in [-0.2, -0.15) is 0 Å². The average molecular weight is 287 g/mol. The Labute approximate surface area is 117 Å². The van der Waals surface area contributed by atoms with Gasteiger partial charge in [-0.05, 0) is 24.8 Å². The van der Waals surface area contributed by atoms with Crippen LogP contribution in [0.25, 0.3) is 0 Å². The summed E-state index contributed by atoms with van der Waals surface area (Å²) in [6, 6.07) is 1.53. The van der Waals surface area contributed by atoms with E-state index in [-0.39, 0.29) is 11.1 Å². The molecular formula is C13H16Cl2N2O. The van der Waals surface area contributed by atoms with Crippen LogP contribution < -0.4 is 0 Å². The average Bonchev–Trinajstić information content (AvgIpc) is 2.84. The maximum Gasteiger partial charge on any atom is 0.255 e. The van der Waals surface area contributed by atoms with E-state index in [2.05, 4.69) is 4.98 Å². The molecule has 0 unspecified atom stereocenters. The molecule has 1 saturated carbocycles. The van der Waals surface area contributed by atoms with Crippen LogP contribution in [0.3, 0.4) is 0 Å². The molecule has 1 aromatic rings. The smallest absolute Gasteiger partial charge is 0.255 e. The van der Waals surface area contributed by atoms with Crippen LogP contribution in [0.1, 0.15) is 36.0 Å². The molecule has 0 aromatic carbocycles. The van der Waals surface area contributed by atoms with Crippen LogP contribution in [0.4, 0.5) is 0 Å². The monoisotopic (exact) mass is 286 g/mol. The summed E-state index contributed by atoms with van der Waals surface area (Å²) in [5.41, 5.74) is 0.428. The van der Waals surface area contributed by atoms with Crippen LogP contribution >= 0.6 is 23.2 Å². The number of carbonyl (C=O) groups is 1. The lowest BCUT2D eigenvalue weighted by Crippen LogP contribution is -2.31. The van der Waals surface area contributed by atoms with Crippen molar-refractivity contribution in [1.29, 1.82) is 0 Å². The first-order chi connectivity index (χ1) is 8.58. The molecule has 1 heterocycles. The molecule has 2 rings (SSSR count). The van der Waals surface area contributed by atoms with Crippen molar-refractivity contribution in [2.45, 2.75) is 25.7 Å². The first-order valence-electron chi connectivity index (χ1n) is 6.14. The molecule has 0 spiro atoms. The van der Waals surface area contributed by atoms with Crippen molar-refractivity contribution in [3.05, 3.63) is 28.0 Å². The van der Waals surface area contributed by atoms with Crippen LogP contribution in [-0.2, 0) is 0 Å². The third-order valence-electron chi connectivity index (χ3n) is 3.41. The zero-order chi connectivity index (χ0) is 13.1. The minimum Gasteiger partial charge on any atom is -0.341 e. The second-order valence-corrected chi connectivity index (χ2v) is 5.62. The number of pyridine rings is 1. The molecule has 0 N–H and O–H groups in total. The van der Waals surface area contributed by atoms with Crippen LogP contribution in [0.5, 0.6) is 0 Å². The number of amides is 1. The van der Waals surface area contributed by atoms with E-state index in [0.717, 1.165) is 6.54 Å². The Balaban J connectivity index is 2.07. The Bertz CT molecular complexity index is 445. The van der Waals surface area contributed by atoms with Gasteiger partial charge in [-0.3, -0.25) is 4.79 Å². The SMILES string of the molecule is CN(CC1CCCC1)C(=O)c1cc(Cl)ncc1Cl. The Morgan fingerprint density at radius 2 is 2.11 bits per heavy atom. The molecule has 1 aliphatic rings. The van der Waals surface area contributed by atoms with Gasteiger partial charge in [-0.15, -0.1) is 0 Å². The third-order valence-corrected chi connectivity index (χ3v) is 3.91. The van der Waals surface area contributed by atoms with Crippen LogP contribution in [0.15, 0.2) is 12.3 Å². The topological polar surface area (TPSA) is 33.2 Å². The molecule has 1 amide bonds. The molecule has 1 fully saturated rings. The Morgan fingerprint density at radius 3 is 2.78 bits per heavy atom. The first kappa shape index (κ1) is 13.6. The van der Waals surface area contributed by atoms with Gasteiger partial charge in [0.2, 0.25) is 0 Å². The number of aromatic nitrogens is 1. The summed E-state index contributed by atoms with van der Waals surface area (Å²) in [7, 11) is 1.81. The van der Waals surface area contributed by atoms with Crippen molar-refractivity contribution >= 4 is 29.1 Å². The van der Waals surface area contributed by atoms with E-state index in [9.17, 15) is 4.79 Å². The zero-order valence-electron chi connectivity index (χ0n) is 10.3. The summed E-state index contributed by atoms with van der Waals surface area (Å²) < 4.78 is 0. The van der Waals surface area contributed by atoms with E-state index >= 15 is 0 Å². The van der Waals surface area contributed by atoms with Gasteiger partial charge in [0.15, 0.2) is 0 Å². The molecule has 0 bridgehead atoms. The molecule has 1 aromatic heterocycles. The zero-order valence-corrected chi connectivity index (χ0v) is 11.8. The van der Waals surface area contributed by atoms with Gasteiger partial charge in [0, 0.05) is 19.8 Å². The van der Waals surface area contributed by atoms with Gasteiger partial charge in [0.1, 0.15) is 5.15 Å². The molecule has 18 heavy (non-hydrogen) atoms. The second-order valence-electron chi connectivity index (χ2n) is 4.82. The van der Waals surface area contributed by atoms with Crippen molar-refractivity contribution < 1.29 is 4.79 Å². The molecule has 3 nitrogen and oxygen atoms in total.